The molecule has 7 heteroatoms. The number of benzene rings is 1. The first-order chi connectivity index (χ1) is 11.2. The predicted octanol–water partition coefficient (Wildman–Crippen LogP) is 2.84. The second-order valence-electron chi connectivity index (χ2n) is 5.53. The van der Waals surface area contributed by atoms with Gasteiger partial charge in [-0.3, -0.25) is 4.79 Å². The zero-order valence-corrected chi connectivity index (χ0v) is 14.5. The number of hydrogen-bond donors (Lipinski definition) is 1. The van der Waals surface area contributed by atoms with Crippen LogP contribution in [0.5, 0.6) is 0 Å². The molecule has 0 spiro atoms. The lowest BCUT2D eigenvalue weighted by molar-refractivity contribution is -0.00177. The van der Waals surface area contributed by atoms with Crippen molar-refractivity contribution in [3.05, 3.63) is 45.7 Å². The Morgan fingerprint density at radius 2 is 2.22 bits per heavy atom. The number of hydrogen-bond acceptors (Lipinski definition) is 4. The van der Waals surface area contributed by atoms with Gasteiger partial charge < -0.3 is 10.1 Å². The normalized spacial score (nSPS) is 16.9. The zero-order chi connectivity index (χ0) is 16.2. The van der Waals surface area contributed by atoms with Crippen LogP contribution in [0.15, 0.2) is 28.7 Å². The molecule has 1 aromatic carbocycles. The van der Waals surface area contributed by atoms with Gasteiger partial charge in [-0.15, -0.1) is 5.10 Å². The molecule has 0 fully saturated rings. The fourth-order valence-electron chi connectivity index (χ4n) is 2.53. The van der Waals surface area contributed by atoms with Crippen molar-refractivity contribution in [2.24, 2.45) is 0 Å². The van der Waals surface area contributed by atoms with Gasteiger partial charge in [0.15, 0.2) is 5.69 Å². The number of carbonyl (C=O) groups is 1. The number of fused-ring (bicyclic) bond motifs is 1. The SMILES string of the molecule is CCCCNC(=O)c1nnn2c1COC(c1ccc(Br)cc1)C2. The Bertz CT molecular complexity index is 684. The molecule has 1 aromatic heterocycles. The van der Waals surface area contributed by atoms with Gasteiger partial charge in [-0.2, -0.15) is 0 Å². The molecule has 0 radical (unpaired) electrons. The fraction of sp³-hybridized carbons (Fsp3) is 0.438. The highest BCUT2D eigenvalue weighted by Gasteiger charge is 2.27. The summed E-state index contributed by atoms with van der Waals surface area (Å²) in [4.78, 5) is 12.2. The summed E-state index contributed by atoms with van der Waals surface area (Å²) in [6.07, 6.45) is 1.92. The summed E-state index contributed by atoms with van der Waals surface area (Å²) in [5.74, 6) is -0.176. The number of ether oxygens (including phenoxy) is 1. The van der Waals surface area contributed by atoms with Crippen LogP contribution in [-0.4, -0.2) is 27.4 Å². The summed E-state index contributed by atoms with van der Waals surface area (Å²) in [6, 6.07) is 8.02. The lowest BCUT2D eigenvalue weighted by Gasteiger charge is -2.24. The van der Waals surface area contributed by atoms with Crippen LogP contribution < -0.4 is 5.32 Å². The van der Waals surface area contributed by atoms with Crippen molar-refractivity contribution in [2.75, 3.05) is 6.54 Å². The number of nitrogens with zero attached hydrogens (tertiary/aromatic N) is 3. The van der Waals surface area contributed by atoms with E-state index in [1.165, 1.54) is 0 Å². The summed E-state index contributed by atoms with van der Waals surface area (Å²) >= 11 is 3.43. The molecule has 1 aliphatic heterocycles. The summed E-state index contributed by atoms with van der Waals surface area (Å²) in [6.45, 7) is 3.64. The Morgan fingerprint density at radius 3 is 2.96 bits per heavy atom. The average Bonchev–Trinajstić information content (AvgIpc) is 2.99. The summed E-state index contributed by atoms with van der Waals surface area (Å²) in [5, 5.41) is 11.0. The third kappa shape index (κ3) is 3.61. The summed E-state index contributed by atoms with van der Waals surface area (Å²) in [7, 11) is 0. The average molecular weight is 379 g/mol. The molecule has 3 rings (SSSR count). The number of halogens is 1. The van der Waals surface area contributed by atoms with E-state index in [2.05, 4.69) is 38.5 Å². The molecule has 2 heterocycles. The van der Waals surface area contributed by atoms with Crippen LogP contribution in [0.3, 0.4) is 0 Å². The molecule has 1 atom stereocenters. The molecule has 0 saturated carbocycles. The molecule has 0 aliphatic carbocycles. The minimum atomic E-state index is -0.176. The van der Waals surface area contributed by atoms with Crippen molar-refractivity contribution in [1.82, 2.24) is 20.3 Å². The molecular weight excluding hydrogens is 360 g/mol. The van der Waals surface area contributed by atoms with E-state index >= 15 is 0 Å². The lowest BCUT2D eigenvalue weighted by Crippen LogP contribution is -2.28. The molecule has 6 nitrogen and oxygen atoms in total. The van der Waals surface area contributed by atoms with Gasteiger partial charge >= 0.3 is 0 Å². The van der Waals surface area contributed by atoms with Gasteiger partial charge in [-0.25, -0.2) is 4.68 Å². The maximum absolute atomic E-state index is 12.2. The molecule has 23 heavy (non-hydrogen) atoms. The Morgan fingerprint density at radius 1 is 1.43 bits per heavy atom. The van der Waals surface area contributed by atoms with Crippen molar-refractivity contribution >= 4 is 21.8 Å². The van der Waals surface area contributed by atoms with Crippen LogP contribution in [0, 0.1) is 0 Å². The van der Waals surface area contributed by atoms with Gasteiger partial charge in [0.05, 0.1) is 18.8 Å². The first-order valence-corrected chi connectivity index (χ1v) is 8.56. The number of unbranched alkanes of at least 4 members (excludes halogenated alkanes) is 1. The van der Waals surface area contributed by atoms with Crippen LogP contribution in [0.4, 0.5) is 0 Å². The number of carbonyl (C=O) groups excluding carboxylic acids is 1. The molecule has 1 aliphatic rings. The van der Waals surface area contributed by atoms with E-state index in [0.29, 0.717) is 25.4 Å². The van der Waals surface area contributed by atoms with Crippen LogP contribution in [0.1, 0.15) is 47.6 Å². The Kier molecular flexibility index (Phi) is 5.07. The van der Waals surface area contributed by atoms with Crippen LogP contribution in [-0.2, 0) is 17.9 Å². The van der Waals surface area contributed by atoms with Gasteiger partial charge in [0.1, 0.15) is 6.10 Å². The van der Waals surface area contributed by atoms with Crippen molar-refractivity contribution in [3.63, 3.8) is 0 Å². The smallest absolute Gasteiger partial charge is 0.273 e. The fourth-order valence-corrected chi connectivity index (χ4v) is 2.79. The van der Waals surface area contributed by atoms with Crippen LogP contribution >= 0.6 is 15.9 Å². The molecule has 0 bridgehead atoms. The molecule has 122 valence electrons. The van der Waals surface area contributed by atoms with Crippen LogP contribution in [0.25, 0.3) is 0 Å². The Balaban J connectivity index is 1.71. The molecule has 1 N–H and O–H groups in total. The van der Waals surface area contributed by atoms with Crippen molar-refractivity contribution in [1.29, 1.82) is 0 Å². The van der Waals surface area contributed by atoms with Gasteiger partial charge in [0, 0.05) is 11.0 Å². The van der Waals surface area contributed by atoms with E-state index in [1.54, 1.807) is 4.68 Å². The van der Waals surface area contributed by atoms with E-state index in [9.17, 15) is 4.79 Å². The number of aromatic nitrogens is 3. The lowest BCUT2D eigenvalue weighted by atomic mass is 10.1. The molecule has 1 amide bonds. The highest BCUT2D eigenvalue weighted by Crippen LogP contribution is 2.27. The van der Waals surface area contributed by atoms with Gasteiger partial charge in [0.25, 0.3) is 5.91 Å². The highest BCUT2D eigenvalue weighted by molar-refractivity contribution is 9.10. The Labute approximate surface area is 143 Å². The summed E-state index contributed by atoms with van der Waals surface area (Å²) < 4.78 is 8.71. The first kappa shape index (κ1) is 16.1. The van der Waals surface area contributed by atoms with Crippen LogP contribution in [0.2, 0.25) is 0 Å². The second kappa shape index (κ2) is 7.23. The predicted molar refractivity (Wildman–Crippen MR) is 88.9 cm³/mol. The molecule has 2 aromatic rings. The van der Waals surface area contributed by atoms with E-state index in [4.69, 9.17) is 4.74 Å². The van der Waals surface area contributed by atoms with E-state index < -0.39 is 0 Å². The van der Waals surface area contributed by atoms with E-state index in [1.807, 2.05) is 24.3 Å². The van der Waals surface area contributed by atoms with Crippen molar-refractivity contribution in [3.8, 4) is 0 Å². The Hall–Kier alpha value is -1.73. The van der Waals surface area contributed by atoms with Gasteiger partial charge in [-0.05, 0) is 24.1 Å². The summed E-state index contributed by atoms with van der Waals surface area (Å²) in [5.41, 5.74) is 2.20. The zero-order valence-electron chi connectivity index (χ0n) is 13.0. The number of amides is 1. The minimum absolute atomic E-state index is 0.0756. The number of rotatable bonds is 5. The minimum Gasteiger partial charge on any atom is -0.365 e. The van der Waals surface area contributed by atoms with E-state index in [-0.39, 0.29) is 12.0 Å². The molecule has 1 unspecified atom stereocenters. The molecule has 0 saturated heterocycles. The largest absolute Gasteiger partial charge is 0.365 e. The monoisotopic (exact) mass is 378 g/mol. The third-order valence-corrected chi connectivity index (χ3v) is 4.40. The topological polar surface area (TPSA) is 69.0 Å². The number of nitrogens with one attached hydrogen (secondary N) is 1. The van der Waals surface area contributed by atoms with Crippen molar-refractivity contribution < 1.29 is 9.53 Å². The quantitative estimate of drug-likeness (QED) is 0.812. The van der Waals surface area contributed by atoms with Gasteiger partial charge in [-0.1, -0.05) is 46.6 Å². The molecular formula is C16H19BrN4O2. The maximum Gasteiger partial charge on any atom is 0.273 e. The second-order valence-corrected chi connectivity index (χ2v) is 6.44. The maximum atomic E-state index is 12.2. The third-order valence-electron chi connectivity index (χ3n) is 3.87. The van der Waals surface area contributed by atoms with Gasteiger partial charge in [0.2, 0.25) is 0 Å². The van der Waals surface area contributed by atoms with E-state index in [0.717, 1.165) is 28.6 Å². The van der Waals surface area contributed by atoms with Crippen molar-refractivity contribution in [2.45, 2.75) is 39.0 Å². The standard InChI is InChI=1S/C16H19BrN4O2/c1-2-3-8-18-16(22)15-13-10-23-14(9-21(13)20-19-15)11-4-6-12(17)7-5-11/h4-7,14H,2-3,8-10H2,1H3,(H,18,22). The highest BCUT2D eigenvalue weighted by atomic mass is 79.9. The first-order valence-electron chi connectivity index (χ1n) is 7.76.